The summed E-state index contributed by atoms with van der Waals surface area (Å²) in [4.78, 5) is 35.8. The van der Waals surface area contributed by atoms with Crippen molar-refractivity contribution < 1.29 is 19.6 Å². The molecule has 1 atom stereocenters. The average molecular weight is 306 g/mol. The third-order valence-electron chi connectivity index (χ3n) is 4.02. The van der Waals surface area contributed by atoms with Crippen molar-refractivity contribution in [3.8, 4) is 0 Å². The van der Waals surface area contributed by atoms with Gasteiger partial charge in [0.15, 0.2) is 0 Å². The van der Waals surface area contributed by atoms with E-state index < -0.39 is 22.8 Å². The normalized spacial score (nSPS) is 18.1. The molecule has 0 saturated carbocycles. The van der Waals surface area contributed by atoms with Gasteiger partial charge in [-0.1, -0.05) is 0 Å². The summed E-state index contributed by atoms with van der Waals surface area (Å²) in [7, 11) is 0. The number of nitrogens with zero attached hydrogens (tertiary/aromatic N) is 2. The molecule has 7 heteroatoms. The molecule has 118 valence electrons. The molecule has 1 saturated heterocycles. The molecule has 0 bridgehead atoms. The van der Waals surface area contributed by atoms with Crippen LogP contribution in [0.5, 0.6) is 0 Å². The number of carboxylic acid groups (broad SMARTS) is 1. The maximum Gasteiger partial charge on any atom is 0.326 e. The number of piperidine rings is 1. The van der Waals surface area contributed by atoms with Gasteiger partial charge in [0, 0.05) is 23.7 Å². The van der Waals surface area contributed by atoms with Gasteiger partial charge in [0.2, 0.25) is 0 Å². The molecule has 0 aliphatic carbocycles. The predicted molar refractivity (Wildman–Crippen MR) is 78.9 cm³/mol. The van der Waals surface area contributed by atoms with E-state index in [1.54, 1.807) is 19.9 Å². The van der Waals surface area contributed by atoms with Gasteiger partial charge in [-0.2, -0.15) is 0 Å². The number of carbonyl (C=O) groups excluding carboxylic acids is 1. The van der Waals surface area contributed by atoms with E-state index in [0.29, 0.717) is 24.1 Å². The number of carboxylic acids is 1. The van der Waals surface area contributed by atoms with Crippen LogP contribution in [0.2, 0.25) is 0 Å². The van der Waals surface area contributed by atoms with Crippen molar-refractivity contribution in [2.24, 2.45) is 0 Å². The van der Waals surface area contributed by atoms with Gasteiger partial charge in [0.05, 0.1) is 4.92 Å². The Labute approximate surface area is 127 Å². The van der Waals surface area contributed by atoms with Gasteiger partial charge in [-0.25, -0.2) is 4.79 Å². The highest BCUT2D eigenvalue weighted by Crippen LogP contribution is 2.26. The van der Waals surface area contributed by atoms with E-state index in [4.69, 9.17) is 0 Å². The Kier molecular flexibility index (Phi) is 4.44. The number of hydrogen-bond acceptors (Lipinski definition) is 4. The number of amides is 1. The summed E-state index contributed by atoms with van der Waals surface area (Å²) in [6.45, 7) is 3.67. The molecular formula is C15H18N2O5. The summed E-state index contributed by atoms with van der Waals surface area (Å²) in [5.74, 6) is -1.49. The van der Waals surface area contributed by atoms with E-state index in [9.17, 15) is 24.8 Å². The van der Waals surface area contributed by atoms with Crippen molar-refractivity contribution in [2.45, 2.75) is 39.2 Å². The molecule has 0 spiro atoms. The summed E-state index contributed by atoms with van der Waals surface area (Å²) >= 11 is 0. The van der Waals surface area contributed by atoms with E-state index in [0.717, 1.165) is 12.8 Å². The zero-order valence-electron chi connectivity index (χ0n) is 12.5. The van der Waals surface area contributed by atoms with Crippen LogP contribution in [-0.4, -0.2) is 39.4 Å². The Morgan fingerprint density at radius 3 is 2.55 bits per heavy atom. The summed E-state index contributed by atoms with van der Waals surface area (Å²) < 4.78 is 0. The fourth-order valence-electron chi connectivity index (χ4n) is 2.85. The molecule has 0 radical (unpaired) electrons. The van der Waals surface area contributed by atoms with Crippen LogP contribution in [-0.2, 0) is 4.79 Å². The first-order chi connectivity index (χ1) is 10.3. The highest BCUT2D eigenvalue weighted by atomic mass is 16.6. The predicted octanol–water partition coefficient (Wildman–Crippen LogP) is 2.29. The minimum absolute atomic E-state index is 0.127. The maximum absolute atomic E-state index is 12.7. The molecule has 0 aromatic heterocycles. The highest BCUT2D eigenvalue weighted by molar-refractivity contribution is 5.98. The van der Waals surface area contributed by atoms with Crippen LogP contribution in [0.1, 0.15) is 40.7 Å². The molecule has 1 unspecified atom stereocenters. The zero-order chi connectivity index (χ0) is 16.4. The summed E-state index contributed by atoms with van der Waals surface area (Å²) in [5, 5.41) is 20.3. The van der Waals surface area contributed by atoms with Crippen molar-refractivity contribution in [2.75, 3.05) is 6.54 Å². The van der Waals surface area contributed by atoms with E-state index >= 15 is 0 Å². The van der Waals surface area contributed by atoms with Gasteiger partial charge in [0.1, 0.15) is 6.04 Å². The fourth-order valence-corrected chi connectivity index (χ4v) is 2.85. The molecule has 1 N–H and O–H groups in total. The van der Waals surface area contributed by atoms with Gasteiger partial charge >= 0.3 is 5.97 Å². The number of rotatable bonds is 3. The SMILES string of the molecule is Cc1cc(C)c([N+](=O)[O-])cc1C(=O)N1CCCCC1C(=O)O. The second-order valence-electron chi connectivity index (χ2n) is 5.56. The van der Waals surface area contributed by atoms with Gasteiger partial charge in [-0.3, -0.25) is 14.9 Å². The Morgan fingerprint density at radius 1 is 1.27 bits per heavy atom. The monoisotopic (exact) mass is 306 g/mol. The number of carbonyl (C=O) groups is 2. The standard InChI is InChI=1S/C15H18N2O5/c1-9-7-10(2)13(17(21)22)8-11(9)14(18)16-6-4-3-5-12(16)15(19)20/h7-8,12H,3-6H2,1-2H3,(H,19,20). The minimum Gasteiger partial charge on any atom is -0.480 e. The van der Waals surface area contributed by atoms with Crippen LogP contribution in [0.25, 0.3) is 0 Å². The summed E-state index contributed by atoms with van der Waals surface area (Å²) in [5.41, 5.74) is 1.17. The number of benzene rings is 1. The van der Waals surface area contributed by atoms with Crippen LogP contribution >= 0.6 is 0 Å². The average Bonchev–Trinajstić information content (AvgIpc) is 2.46. The molecule has 1 amide bonds. The van der Waals surface area contributed by atoms with Crippen LogP contribution in [0, 0.1) is 24.0 Å². The van der Waals surface area contributed by atoms with Crippen LogP contribution in [0.3, 0.4) is 0 Å². The number of aliphatic carboxylic acids is 1. The largest absolute Gasteiger partial charge is 0.480 e. The van der Waals surface area contributed by atoms with E-state index in [2.05, 4.69) is 0 Å². The third-order valence-corrected chi connectivity index (χ3v) is 4.02. The molecule has 1 aromatic rings. The van der Waals surface area contributed by atoms with Crippen molar-refractivity contribution in [1.82, 2.24) is 4.90 Å². The second kappa shape index (κ2) is 6.13. The molecule has 1 aromatic carbocycles. The Balaban J connectivity index is 2.42. The molecule has 1 fully saturated rings. The molecule has 1 aliphatic rings. The number of nitro benzene ring substituents is 1. The van der Waals surface area contributed by atoms with Crippen molar-refractivity contribution in [3.05, 3.63) is 38.9 Å². The number of aryl methyl sites for hydroxylation is 2. The summed E-state index contributed by atoms with van der Waals surface area (Å²) in [6.07, 6.45) is 1.91. The first kappa shape index (κ1) is 15.9. The number of nitro groups is 1. The number of likely N-dealkylation sites (tertiary alicyclic amines) is 1. The van der Waals surface area contributed by atoms with Gasteiger partial charge < -0.3 is 10.0 Å². The number of hydrogen-bond donors (Lipinski definition) is 1. The molecule has 2 rings (SSSR count). The quantitative estimate of drug-likeness (QED) is 0.682. The van der Waals surface area contributed by atoms with Crippen LogP contribution in [0.15, 0.2) is 12.1 Å². The second-order valence-corrected chi connectivity index (χ2v) is 5.56. The molecular weight excluding hydrogens is 288 g/mol. The maximum atomic E-state index is 12.7. The third kappa shape index (κ3) is 2.93. The fraction of sp³-hybridized carbons (Fsp3) is 0.467. The lowest BCUT2D eigenvalue weighted by molar-refractivity contribution is -0.385. The lowest BCUT2D eigenvalue weighted by Crippen LogP contribution is -2.48. The van der Waals surface area contributed by atoms with Gasteiger partial charge in [0.25, 0.3) is 11.6 Å². The molecule has 1 aliphatic heterocycles. The highest BCUT2D eigenvalue weighted by Gasteiger charge is 2.33. The van der Waals surface area contributed by atoms with Gasteiger partial charge in [-0.15, -0.1) is 0 Å². The summed E-state index contributed by atoms with van der Waals surface area (Å²) in [6, 6.07) is 1.98. The molecule has 22 heavy (non-hydrogen) atoms. The van der Waals surface area contributed by atoms with E-state index in [-0.39, 0.29) is 11.3 Å². The lowest BCUT2D eigenvalue weighted by atomic mass is 9.98. The van der Waals surface area contributed by atoms with E-state index in [1.165, 1.54) is 11.0 Å². The zero-order valence-corrected chi connectivity index (χ0v) is 12.5. The van der Waals surface area contributed by atoms with Crippen molar-refractivity contribution in [1.29, 1.82) is 0 Å². The Hall–Kier alpha value is -2.44. The lowest BCUT2D eigenvalue weighted by Gasteiger charge is -2.33. The first-order valence-electron chi connectivity index (χ1n) is 7.12. The Morgan fingerprint density at radius 2 is 1.95 bits per heavy atom. The Bertz CT molecular complexity index is 641. The molecule has 1 heterocycles. The van der Waals surface area contributed by atoms with Crippen LogP contribution in [0.4, 0.5) is 5.69 Å². The van der Waals surface area contributed by atoms with E-state index in [1.807, 2.05) is 0 Å². The van der Waals surface area contributed by atoms with Crippen LogP contribution < -0.4 is 0 Å². The topological polar surface area (TPSA) is 101 Å². The van der Waals surface area contributed by atoms with Crippen molar-refractivity contribution >= 4 is 17.6 Å². The first-order valence-corrected chi connectivity index (χ1v) is 7.12. The molecule has 7 nitrogen and oxygen atoms in total. The van der Waals surface area contributed by atoms with Crippen molar-refractivity contribution in [3.63, 3.8) is 0 Å². The smallest absolute Gasteiger partial charge is 0.326 e. The van der Waals surface area contributed by atoms with Gasteiger partial charge in [-0.05, 0) is 44.7 Å². The minimum atomic E-state index is -1.03.